The predicted molar refractivity (Wildman–Crippen MR) is 104 cm³/mol. The number of carbonyl (C=O) groups excluding carboxylic acids is 2. The number of anilines is 1. The van der Waals surface area contributed by atoms with E-state index in [0.717, 1.165) is 18.7 Å². The van der Waals surface area contributed by atoms with Gasteiger partial charge in [-0.3, -0.25) is 4.79 Å². The van der Waals surface area contributed by atoms with E-state index in [1.165, 1.54) is 32.4 Å². The van der Waals surface area contributed by atoms with E-state index in [0.29, 0.717) is 24.5 Å². The van der Waals surface area contributed by atoms with Gasteiger partial charge >= 0.3 is 6.03 Å². The van der Waals surface area contributed by atoms with Crippen LogP contribution in [-0.4, -0.2) is 55.6 Å². The van der Waals surface area contributed by atoms with E-state index < -0.39 is 0 Å². The van der Waals surface area contributed by atoms with Gasteiger partial charge < -0.3 is 20.4 Å². The lowest BCUT2D eigenvalue weighted by molar-refractivity contribution is -0.117. The average Bonchev–Trinajstić information content (AvgIpc) is 3.00. The standard InChI is InChI=1S/C19H27ClN4O2/c20-15-5-7-17(8-6-15)24-14-16(13-18(24)25)22-19(26)21-9-4-12-23-10-2-1-3-11-23/h5-8,16H,1-4,9-14H2,(H2,21,22,26). The first-order chi connectivity index (χ1) is 12.6. The van der Waals surface area contributed by atoms with Crippen molar-refractivity contribution >= 4 is 29.2 Å². The number of carbonyl (C=O) groups is 2. The largest absolute Gasteiger partial charge is 0.338 e. The van der Waals surface area contributed by atoms with Crippen LogP contribution >= 0.6 is 11.6 Å². The van der Waals surface area contributed by atoms with Crippen LogP contribution in [0.25, 0.3) is 0 Å². The zero-order chi connectivity index (χ0) is 18.4. The Hall–Kier alpha value is -1.79. The van der Waals surface area contributed by atoms with E-state index in [1.807, 2.05) is 12.1 Å². The van der Waals surface area contributed by atoms with E-state index in [-0.39, 0.29) is 18.0 Å². The van der Waals surface area contributed by atoms with Crippen LogP contribution in [0.3, 0.4) is 0 Å². The third-order valence-corrected chi connectivity index (χ3v) is 5.24. The normalized spacial score (nSPS) is 21.0. The molecule has 142 valence electrons. The lowest BCUT2D eigenvalue weighted by Crippen LogP contribution is -2.44. The topological polar surface area (TPSA) is 64.7 Å². The molecule has 1 aromatic rings. The Morgan fingerprint density at radius 1 is 1.15 bits per heavy atom. The highest BCUT2D eigenvalue weighted by atomic mass is 35.5. The smallest absolute Gasteiger partial charge is 0.315 e. The molecule has 0 radical (unpaired) electrons. The second kappa shape index (κ2) is 9.24. The number of amides is 3. The molecule has 26 heavy (non-hydrogen) atoms. The molecule has 2 saturated heterocycles. The number of hydrogen-bond donors (Lipinski definition) is 2. The fourth-order valence-corrected chi connectivity index (χ4v) is 3.72. The van der Waals surface area contributed by atoms with Crippen molar-refractivity contribution in [1.29, 1.82) is 0 Å². The summed E-state index contributed by atoms with van der Waals surface area (Å²) in [5.74, 6) is 0.0164. The van der Waals surface area contributed by atoms with Gasteiger partial charge in [0.2, 0.25) is 5.91 Å². The van der Waals surface area contributed by atoms with Gasteiger partial charge in [0.05, 0.1) is 6.04 Å². The second-order valence-corrected chi connectivity index (χ2v) is 7.47. The molecule has 0 bridgehead atoms. The number of piperidine rings is 1. The van der Waals surface area contributed by atoms with Crippen LogP contribution in [0, 0.1) is 0 Å². The highest BCUT2D eigenvalue weighted by Crippen LogP contribution is 2.23. The minimum absolute atomic E-state index is 0.0164. The molecule has 0 aromatic heterocycles. The summed E-state index contributed by atoms with van der Waals surface area (Å²) < 4.78 is 0. The van der Waals surface area contributed by atoms with Crippen LogP contribution in [0.1, 0.15) is 32.1 Å². The van der Waals surface area contributed by atoms with Crippen LogP contribution in [-0.2, 0) is 4.79 Å². The Balaban J connectivity index is 1.36. The van der Waals surface area contributed by atoms with Gasteiger partial charge in [-0.15, -0.1) is 0 Å². The van der Waals surface area contributed by atoms with Crippen molar-refractivity contribution in [3.05, 3.63) is 29.3 Å². The van der Waals surface area contributed by atoms with Gasteiger partial charge in [-0.25, -0.2) is 4.79 Å². The first-order valence-electron chi connectivity index (χ1n) is 9.44. The van der Waals surface area contributed by atoms with E-state index >= 15 is 0 Å². The number of hydrogen-bond acceptors (Lipinski definition) is 3. The van der Waals surface area contributed by atoms with Gasteiger partial charge in [-0.05, 0) is 63.2 Å². The van der Waals surface area contributed by atoms with Crippen LogP contribution in [0.4, 0.5) is 10.5 Å². The summed E-state index contributed by atoms with van der Waals surface area (Å²) in [6.07, 6.45) is 5.18. The molecule has 3 amide bonds. The maximum Gasteiger partial charge on any atom is 0.315 e. The number of rotatable bonds is 6. The quantitative estimate of drug-likeness (QED) is 0.748. The Kier molecular flexibility index (Phi) is 6.74. The van der Waals surface area contributed by atoms with Gasteiger partial charge in [-0.1, -0.05) is 18.0 Å². The van der Waals surface area contributed by atoms with Gasteiger partial charge in [0.25, 0.3) is 0 Å². The number of nitrogens with one attached hydrogen (secondary N) is 2. The molecule has 1 atom stereocenters. The first-order valence-corrected chi connectivity index (χ1v) is 9.82. The summed E-state index contributed by atoms with van der Waals surface area (Å²) in [7, 11) is 0. The molecule has 2 fully saturated rings. The lowest BCUT2D eigenvalue weighted by atomic mass is 10.1. The maximum atomic E-state index is 12.2. The highest BCUT2D eigenvalue weighted by molar-refractivity contribution is 6.30. The van der Waals surface area contributed by atoms with Crippen molar-refractivity contribution in [3.8, 4) is 0 Å². The number of benzene rings is 1. The molecule has 2 N–H and O–H groups in total. The summed E-state index contributed by atoms with van der Waals surface area (Å²) in [6.45, 7) is 4.53. The van der Waals surface area contributed by atoms with Crippen molar-refractivity contribution in [1.82, 2.24) is 15.5 Å². The summed E-state index contributed by atoms with van der Waals surface area (Å²) in [5, 5.41) is 6.45. The van der Waals surface area contributed by atoms with E-state index in [2.05, 4.69) is 15.5 Å². The third kappa shape index (κ3) is 5.35. The van der Waals surface area contributed by atoms with E-state index in [4.69, 9.17) is 11.6 Å². The first kappa shape index (κ1) is 19.0. The molecule has 2 aliphatic rings. The van der Waals surface area contributed by atoms with Crippen molar-refractivity contribution in [2.24, 2.45) is 0 Å². The van der Waals surface area contributed by atoms with E-state index in [1.54, 1.807) is 17.0 Å². The number of urea groups is 1. The van der Waals surface area contributed by atoms with Crippen molar-refractivity contribution < 1.29 is 9.59 Å². The summed E-state index contributed by atoms with van der Waals surface area (Å²) >= 11 is 5.89. The molecule has 0 spiro atoms. The molecule has 2 aliphatic heterocycles. The Labute approximate surface area is 159 Å². The zero-order valence-corrected chi connectivity index (χ0v) is 15.8. The molecule has 1 unspecified atom stereocenters. The van der Waals surface area contributed by atoms with Crippen LogP contribution in [0.5, 0.6) is 0 Å². The van der Waals surface area contributed by atoms with Crippen LogP contribution < -0.4 is 15.5 Å². The molecule has 0 saturated carbocycles. The van der Waals surface area contributed by atoms with Crippen LogP contribution in [0.15, 0.2) is 24.3 Å². The van der Waals surface area contributed by atoms with Crippen molar-refractivity contribution in [2.45, 2.75) is 38.1 Å². The summed E-state index contributed by atoms with van der Waals surface area (Å²) in [5.41, 5.74) is 0.811. The molecule has 6 nitrogen and oxygen atoms in total. The monoisotopic (exact) mass is 378 g/mol. The van der Waals surface area contributed by atoms with Gasteiger partial charge in [0, 0.05) is 30.2 Å². The highest BCUT2D eigenvalue weighted by Gasteiger charge is 2.31. The van der Waals surface area contributed by atoms with E-state index in [9.17, 15) is 9.59 Å². The predicted octanol–water partition coefficient (Wildman–Crippen LogP) is 2.62. The maximum absolute atomic E-state index is 12.2. The molecule has 2 heterocycles. The minimum atomic E-state index is -0.195. The fraction of sp³-hybridized carbons (Fsp3) is 0.579. The van der Waals surface area contributed by atoms with Gasteiger partial charge in [-0.2, -0.15) is 0 Å². The Morgan fingerprint density at radius 3 is 2.62 bits per heavy atom. The second-order valence-electron chi connectivity index (χ2n) is 7.04. The average molecular weight is 379 g/mol. The minimum Gasteiger partial charge on any atom is -0.338 e. The summed E-state index contributed by atoms with van der Waals surface area (Å²) in [4.78, 5) is 28.4. The number of halogens is 1. The SMILES string of the molecule is O=C(NCCCN1CCCCC1)NC1CC(=O)N(c2ccc(Cl)cc2)C1. The zero-order valence-electron chi connectivity index (χ0n) is 15.0. The van der Waals surface area contributed by atoms with Crippen molar-refractivity contribution in [3.63, 3.8) is 0 Å². The van der Waals surface area contributed by atoms with Crippen molar-refractivity contribution in [2.75, 3.05) is 37.6 Å². The summed E-state index contributed by atoms with van der Waals surface area (Å²) in [6, 6.07) is 6.81. The lowest BCUT2D eigenvalue weighted by Gasteiger charge is -2.26. The molecular formula is C19H27ClN4O2. The molecule has 3 rings (SSSR count). The molecule has 0 aliphatic carbocycles. The van der Waals surface area contributed by atoms with Gasteiger partial charge in [0.1, 0.15) is 0 Å². The van der Waals surface area contributed by atoms with Gasteiger partial charge in [0.15, 0.2) is 0 Å². The number of nitrogens with zero attached hydrogens (tertiary/aromatic N) is 2. The third-order valence-electron chi connectivity index (χ3n) is 4.98. The Bertz CT molecular complexity index is 616. The fourth-order valence-electron chi connectivity index (χ4n) is 3.60. The number of likely N-dealkylation sites (tertiary alicyclic amines) is 1. The van der Waals surface area contributed by atoms with Crippen LogP contribution in [0.2, 0.25) is 5.02 Å². The molecule has 7 heteroatoms. The Morgan fingerprint density at radius 2 is 1.88 bits per heavy atom. The molecule has 1 aromatic carbocycles. The molecular weight excluding hydrogens is 352 g/mol.